The van der Waals surface area contributed by atoms with Crippen LogP contribution in [0.15, 0.2) is 40.3 Å². The largest absolute Gasteiger partial charge is 0.461 e. The number of hydrogen-bond donors (Lipinski definition) is 0. The number of fused-ring (bicyclic) bond motifs is 1. The van der Waals surface area contributed by atoms with E-state index in [1.165, 1.54) is 6.92 Å². The van der Waals surface area contributed by atoms with Crippen LogP contribution in [0.3, 0.4) is 0 Å². The number of hydrogen-bond acceptors (Lipinski definition) is 7. The quantitative estimate of drug-likeness (QED) is 0.598. The first-order valence-electron chi connectivity index (χ1n) is 9.64. The molecule has 0 bridgehead atoms. The number of rotatable bonds is 5. The SMILES string of the molecule is CC(=O)OCc1ccc(CN2CCCN(C(=O)c3ccc4ncsc4c3)CC2)o1. The van der Waals surface area contributed by atoms with E-state index in [2.05, 4.69) is 9.88 Å². The maximum Gasteiger partial charge on any atom is 0.303 e. The van der Waals surface area contributed by atoms with E-state index in [0.29, 0.717) is 18.8 Å². The summed E-state index contributed by atoms with van der Waals surface area (Å²) in [5, 5.41) is 0. The Balaban J connectivity index is 1.34. The molecule has 3 heterocycles. The predicted molar refractivity (Wildman–Crippen MR) is 110 cm³/mol. The fourth-order valence-electron chi connectivity index (χ4n) is 3.48. The number of furan rings is 1. The minimum atomic E-state index is -0.324. The summed E-state index contributed by atoms with van der Waals surface area (Å²) in [6, 6.07) is 9.46. The summed E-state index contributed by atoms with van der Waals surface area (Å²) in [5.41, 5.74) is 3.45. The second kappa shape index (κ2) is 8.75. The summed E-state index contributed by atoms with van der Waals surface area (Å²) in [6.07, 6.45) is 0.912. The maximum atomic E-state index is 12.9. The first-order chi connectivity index (χ1) is 14.1. The van der Waals surface area contributed by atoms with E-state index in [-0.39, 0.29) is 18.5 Å². The molecule has 1 amide bonds. The van der Waals surface area contributed by atoms with Gasteiger partial charge in [0.2, 0.25) is 0 Å². The van der Waals surface area contributed by atoms with E-state index in [1.807, 2.05) is 35.2 Å². The third-order valence-corrected chi connectivity index (χ3v) is 5.76. The summed E-state index contributed by atoms with van der Waals surface area (Å²) in [5.74, 6) is 1.22. The molecule has 1 saturated heterocycles. The van der Waals surface area contributed by atoms with Gasteiger partial charge in [0, 0.05) is 38.7 Å². The van der Waals surface area contributed by atoms with Gasteiger partial charge in [-0.2, -0.15) is 0 Å². The van der Waals surface area contributed by atoms with Crippen molar-refractivity contribution in [3.63, 3.8) is 0 Å². The number of ether oxygens (including phenoxy) is 1. The normalized spacial score (nSPS) is 15.4. The average molecular weight is 413 g/mol. The molecule has 1 aliphatic rings. The van der Waals surface area contributed by atoms with Crippen molar-refractivity contribution in [3.8, 4) is 0 Å². The lowest BCUT2D eigenvalue weighted by Gasteiger charge is -2.21. The molecule has 0 radical (unpaired) electrons. The van der Waals surface area contributed by atoms with Crippen molar-refractivity contribution in [2.45, 2.75) is 26.5 Å². The minimum Gasteiger partial charge on any atom is -0.461 e. The molecule has 0 atom stereocenters. The summed E-state index contributed by atoms with van der Waals surface area (Å²) >= 11 is 1.55. The maximum absolute atomic E-state index is 12.9. The van der Waals surface area contributed by atoms with Crippen LogP contribution in [-0.4, -0.2) is 52.8 Å². The third kappa shape index (κ3) is 4.83. The first-order valence-corrected chi connectivity index (χ1v) is 10.5. The highest BCUT2D eigenvalue weighted by Gasteiger charge is 2.21. The highest BCUT2D eigenvalue weighted by Crippen LogP contribution is 2.21. The number of amides is 1. The van der Waals surface area contributed by atoms with Crippen molar-refractivity contribution >= 4 is 33.4 Å². The van der Waals surface area contributed by atoms with Crippen LogP contribution in [0.1, 0.15) is 35.2 Å². The number of thiazole rings is 1. The Morgan fingerprint density at radius 2 is 2.00 bits per heavy atom. The second-order valence-corrected chi connectivity index (χ2v) is 7.99. The van der Waals surface area contributed by atoms with E-state index < -0.39 is 0 Å². The van der Waals surface area contributed by atoms with E-state index in [4.69, 9.17) is 9.15 Å². The van der Waals surface area contributed by atoms with Gasteiger partial charge in [0.25, 0.3) is 5.91 Å². The van der Waals surface area contributed by atoms with Gasteiger partial charge in [-0.05, 0) is 36.8 Å². The van der Waals surface area contributed by atoms with Gasteiger partial charge >= 0.3 is 5.97 Å². The summed E-state index contributed by atoms with van der Waals surface area (Å²) in [7, 11) is 0. The molecule has 0 N–H and O–H groups in total. The Hall–Kier alpha value is -2.71. The molecule has 4 rings (SSSR count). The van der Waals surface area contributed by atoms with Crippen LogP contribution in [-0.2, 0) is 22.7 Å². The molecule has 29 heavy (non-hydrogen) atoms. The minimum absolute atomic E-state index is 0.0730. The van der Waals surface area contributed by atoms with Crippen LogP contribution < -0.4 is 0 Å². The summed E-state index contributed by atoms with van der Waals surface area (Å²) in [4.78, 5) is 32.3. The lowest BCUT2D eigenvalue weighted by molar-refractivity contribution is -0.142. The van der Waals surface area contributed by atoms with Crippen LogP contribution in [0, 0.1) is 0 Å². The Morgan fingerprint density at radius 3 is 2.86 bits per heavy atom. The molecule has 7 nitrogen and oxygen atoms in total. The predicted octanol–water partition coefficient (Wildman–Crippen LogP) is 3.30. The second-order valence-electron chi connectivity index (χ2n) is 7.11. The monoisotopic (exact) mass is 413 g/mol. The molecule has 0 spiro atoms. The van der Waals surface area contributed by atoms with Crippen molar-refractivity contribution in [3.05, 3.63) is 52.9 Å². The zero-order valence-electron chi connectivity index (χ0n) is 16.3. The molecule has 152 valence electrons. The number of carbonyl (C=O) groups excluding carboxylic acids is 2. The molecule has 3 aromatic rings. The van der Waals surface area contributed by atoms with Gasteiger partial charge in [-0.1, -0.05) is 0 Å². The van der Waals surface area contributed by atoms with Crippen LogP contribution in [0.25, 0.3) is 10.2 Å². The summed E-state index contributed by atoms with van der Waals surface area (Å²) in [6.45, 7) is 5.32. The number of carbonyl (C=O) groups is 2. The van der Waals surface area contributed by atoms with Crippen molar-refractivity contribution in [1.82, 2.24) is 14.8 Å². The smallest absolute Gasteiger partial charge is 0.303 e. The van der Waals surface area contributed by atoms with E-state index in [9.17, 15) is 9.59 Å². The Morgan fingerprint density at radius 1 is 1.14 bits per heavy atom. The molecule has 0 saturated carbocycles. The highest BCUT2D eigenvalue weighted by atomic mass is 32.1. The zero-order chi connectivity index (χ0) is 20.2. The Bertz CT molecular complexity index is 1010. The fourth-order valence-corrected chi connectivity index (χ4v) is 4.20. The van der Waals surface area contributed by atoms with Crippen LogP contribution in [0.5, 0.6) is 0 Å². The van der Waals surface area contributed by atoms with E-state index in [1.54, 1.807) is 16.8 Å². The van der Waals surface area contributed by atoms with Gasteiger partial charge in [0.05, 0.1) is 22.3 Å². The number of aromatic nitrogens is 1. The van der Waals surface area contributed by atoms with E-state index in [0.717, 1.165) is 47.6 Å². The van der Waals surface area contributed by atoms with Crippen molar-refractivity contribution < 1.29 is 18.7 Å². The lowest BCUT2D eigenvalue weighted by atomic mass is 10.2. The molecular formula is C21H23N3O4S. The fraction of sp³-hybridized carbons (Fsp3) is 0.381. The van der Waals surface area contributed by atoms with Crippen molar-refractivity contribution in [2.75, 3.05) is 26.2 Å². The lowest BCUT2D eigenvalue weighted by Crippen LogP contribution is -2.35. The average Bonchev–Trinajstić information content (AvgIpc) is 3.30. The number of nitrogens with zero attached hydrogens (tertiary/aromatic N) is 3. The zero-order valence-corrected chi connectivity index (χ0v) is 17.1. The van der Waals surface area contributed by atoms with Crippen molar-refractivity contribution in [1.29, 1.82) is 0 Å². The van der Waals surface area contributed by atoms with Crippen LogP contribution in [0.4, 0.5) is 0 Å². The molecule has 0 unspecified atom stereocenters. The highest BCUT2D eigenvalue weighted by molar-refractivity contribution is 7.16. The Kier molecular flexibility index (Phi) is 5.92. The molecule has 1 aliphatic heterocycles. The van der Waals surface area contributed by atoms with E-state index >= 15 is 0 Å². The number of benzene rings is 1. The van der Waals surface area contributed by atoms with Crippen LogP contribution >= 0.6 is 11.3 Å². The summed E-state index contributed by atoms with van der Waals surface area (Å²) < 4.78 is 11.7. The molecule has 1 aromatic carbocycles. The third-order valence-electron chi connectivity index (χ3n) is 4.97. The molecule has 1 fully saturated rings. The molecule has 0 aliphatic carbocycles. The van der Waals surface area contributed by atoms with Gasteiger partial charge < -0.3 is 14.1 Å². The topological polar surface area (TPSA) is 75.9 Å². The van der Waals surface area contributed by atoms with Gasteiger partial charge in [-0.3, -0.25) is 14.5 Å². The van der Waals surface area contributed by atoms with Crippen LogP contribution in [0.2, 0.25) is 0 Å². The standard InChI is InChI=1S/C21H23N3O4S/c1-15(25)27-13-18-5-4-17(28-18)12-23-7-2-8-24(10-9-23)21(26)16-3-6-19-20(11-16)29-14-22-19/h3-6,11,14H,2,7-10,12-13H2,1H3. The molecule has 2 aromatic heterocycles. The first kappa shape index (κ1) is 19.6. The van der Waals surface area contributed by atoms with Gasteiger partial charge in [-0.25, -0.2) is 4.98 Å². The Labute approximate surface area is 172 Å². The molecular weight excluding hydrogens is 390 g/mol. The van der Waals surface area contributed by atoms with Gasteiger partial charge in [0.1, 0.15) is 18.1 Å². The molecule has 8 heteroatoms. The number of esters is 1. The van der Waals surface area contributed by atoms with Crippen molar-refractivity contribution in [2.24, 2.45) is 0 Å². The van der Waals surface area contributed by atoms with Gasteiger partial charge in [0.15, 0.2) is 0 Å². The van der Waals surface area contributed by atoms with Gasteiger partial charge in [-0.15, -0.1) is 11.3 Å².